The second kappa shape index (κ2) is 11.9. The zero-order valence-corrected chi connectivity index (χ0v) is 22.9. The highest BCUT2D eigenvalue weighted by atomic mass is 16.5. The number of ether oxygens (including phenoxy) is 2. The van der Waals surface area contributed by atoms with E-state index < -0.39 is 11.8 Å². The topological polar surface area (TPSA) is 97.5 Å². The Labute approximate surface area is 228 Å². The zero-order chi connectivity index (χ0) is 28.1. The lowest BCUT2D eigenvalue weighted by Crippen LogP contribution is -2.44. The summed E-state index contributed by atoms with van der Waals surface area (Å²) in [7, 11) is 1.49. The molecule has 0 spiro atoms. The van der Waals surface area contributed by atoms with Crippen LogP contribution in [0.15, 0.2) is 71.4 Å². The predicted molar refractivity (Wildman–Crippen MR) is 149 cm³/mol. The number of aryl methyl sites for hydroxylation is 1. The lowest BCUT2D eigenvalue weighted by Gasteiger charge is -2.27. The summed E-state index contributed by atoms with van der Waals surface area (Å²) in [4.78, 5) is 27.4. The predicted octanol–water partition coefficient (Wildman–Crippen LogP) is 5.12. The van der Waals surface area contributed by atoms with Crippen molar-refractivity contribution >= 4 is 17.9 Å². The number of hydrogen-bond acceptors (Lipinski definition) is 6. The SMILES string of the molecule is COCCN1C(=O)C(C#N)=C(C)/C(=C\c2cn(-c3ccccc3)nc2-c2ccc(OCC(C)C)cc2C)C1=O. The van der Waals surface area contributed by atoms with Crippen molar-refractivity contribution in [2.24, 2.45) is 5.92 Å². The van der Waals surface area contributed by atoms with Gasteiger partial charge in [0.05, 0.1) is 25.4 Å². The van der Waals surface area contributed by atoms with Crippen molar-refractivity contribution in [3.05, 3.63) is 82.6 Å². The Hall–Kier alpha value is -4.48. The van der Waals surface area contributed by atoms with Crippen molar-refractivity contribution in [1.29, 1.82) is 5.26 Å². The first-order chi connectivity index (χ1) is 18.7. The molecule has 8 heteroatoms. The van der Waals surface area contributed by atoms with E-state index >= 15 is 0 Å². The van der Waals surface area contributed by atoms with E-state index in [-0.39, 0.29) is 24.3 Å². The number of rotatable bonds is 9. The zero-order valence-electron chi connectivity index (χ0n) is 22.9. The van der Waals surface area contributed by atoms with E-state index in [0.29, 0.717) is 29.4 Å². The summed E-state index contributed by atoms with van der Waals surface area (Å²) < 4.78 is 12.7. The van der Waals surface area contributed by atoms with Crippen molar-refractivity contribution in [3.8, 4) is 28.8 Å². The molecule has 0 atom stereocenters. The van der Waals surface area contributed by atoms with Gasteiger partial charge in [0.1, 0.15) is 23.1 Å². The molecule has 1 aliphatic heterocycles. The summed E-state index contributed by atoms with van der Waals surface area (Å²) in [6.07, 6.45) is 3.56. The van der Waals surface area contributed by atoms with Crippen molar-refractivity contribution in [1.82, 2.24) is 14.7 Å². The normalized spacial score (nSPS) is 14.9. The Balaban J connectivity index is 1.86. The van der Waals surface area contributed by atoms with E-state index in [0.717, 1.165) is 27.5 Å². The number of aromatic nitrogens is 2. The molecule has 0 bridgehead atoms. The molecule has 0 saturated heterocycles. The van der Waals surface area contributed by atoms with E-state index in [2.05, 4.69) is 13.8 Å². The Morgan fingerprint density at radius 1 is 1.08 bits per heavy atom. The minimum atomic E-state index is -0.609. The molecule has 2 amide bonds. The summed E-state index contributed by atoms with van der Waals surface area (Å²) >= 11 is 0. The van der Waals surface area contributed by atoms with Gasteiger partial charge in [-0.2, -0.15) is 10.4 Å². The summed E-state index contributed by atoms with van der Waals surface area (Å²) in [5.41, 5.74) is 4.60. The van der Waals surface area contributed by atoms with Crippen LogP contribution in [0, 0.1) is 24.2 Å². The monoisotopic (exact) mass is 524 g/mol. The van der Waals surface area contributed by atoms with E-state index in [1.54, 1.807) is 17.7 Å². The molecule has 0 unspecified atom stereocenters. The van der Waals surface area contributed by atoms with Crippen LogP contribution in [0.4, 0.5) is 0 Å². The van der Waals surface area contributed by atoms with Gasteiger partial charge in [0.15, 0.2) is 0 Å². The van der Waals surface area contributed by atoms with E-state index in [1.165, 1.54) is 7.11 Å². The molecule has 0 radical (unpaired) electrons. The first-order valence-electron chi connectivity index (χ1n) is 12.8. The van der Waals surface area contributed by atoms with Crippen LogP contribution in [0.25, 0.3) is 23.0 Å². The Morgan fingerprint density at radius 3 is 2.46 bits per heavy atom. The van der Waals surface area contributed by atoms with Crippen LogP contribution in [-0.4, -0.2) is 53.4 Å². The summed E-state index contributed by atoms with van der Waals surface area (Å²) in [5, 5.41) is 14.6. The quantitative estimate of drug-likeness (QED) is 0.285. The van der Waals surface area contributed by atoms with Crippen molar-refractivity contribution < 1.29 is 19.1 Å². The number of nitriles is 1. The molecule has 1 aliphatic rings. The van der Waals surface area contributed by atoms with Gasteiger partial charge in [-0.25, -0.2) is 4.68 Å². The lowest BCUT2D eigenvalue weighted by atomic mass is 9.93. The standard InChI is InChI=1S/C31H32N4O4/c1-20(2)19-39-25-11-12-26(21(3)15-25)29-23(18-35(33-29)24-9-7-6-8-10-24)16-27-22(4)28(17-32)31(37)34(30(27)36)13-14-38-5/h6-12,15-16,18,20H,13-14,19H2,1-5H3/b27-16+. The molecule has 39 heavy (non-hydrogen) atoms. The fraction of sp³-hybridized carbons (Fsp3) is 0.290. The number of imide groups is 1. The molecule has 0 N–H and O–H groups in total. The molecule has 2 aromatic carbocycles. The molecule has 200 valence electrons. The van der Waals surface area contributed by atoms with Crippen LogP contribution >= 0.6 is 0 Å². The fourth-order valence-corrected chi connectivity index (χ4v) is 4.34. The first kappa shape index (κ1) is 27.6. The number of methoxy groups -OCH3 is 1. The largest absolute Gasteiger partial charge is 0.493 e. The van der Waals surface area contributed by atoms with Gasteiger partial charge in [0.25, 0.3) is 11.8 Å². The summed E-state index contributed by atoms with van der Waals surface area (Å²) in [6, 6.07) is 17.5. The molecule has 1 aromatic heterocycles. The van der Waals surface area contributed by atoms with Gasteiger partial charge in [-0.15, -0.1) is 0 Å². The minimum absolute atomic E-state index is 0.0526. The molecular formula is C31H32N4O4. The van der Waals surface area contributed by atoms with Gasteiger partial charge in [-0.1, -0.05) is 32.0 Å². The van der Waals surface area contributed by atoms with Gasteiger partial charge in [-0.05, 0) is 67.3 Å². The van der Waals surface area contributed by atoms with Crippen molar-refractivity contribution in [3.63, 3.8) is 0 Å². The highest BCUT2D eigenvalue weighted by Crippen LogP contribution is 2.33. The van der Waals surface area contributed by atoms with Gasteiger partial charge in [-0.3, -0.25) is 14.5 Å². The van der Waals surface area contributed by atoms with Crippen LogP contribution in [0.1, 0.15) is 31.9 Å². The number of carbonyl (C=O) groups excluding carboxylic acids is 2. The maximum absolute atomic E-state index is 13.5. The average Bonchev–Trinajstić information content (AvgIpc) is 3.34. The summed E-state index contributed by atoms with van der Waals surface area (Å²) in [5.74, 6) is 0.102. The smallest absolute Gasteiger partial charge is 0.271 e. The average molecular weight is 525 g/mol. The fourth-order valence-electron chi connectivity index (χ4n) is 4.34. The molecular weight excluding hydrogens is 492 g/mol. The van der Waals surface area contributed by atoms with Gasteiger partial charge in [0, 0.05) is 30.0 Å². The number of benzene rings is 2. The van der Waals surface area contributed by atoms with Crippen molar-refractivity contribution in [2.45, 2.75) is 27.7 Å². The van der Waals surface area contributed by atoms with E-state index in [4.69, 9.17) is 14.6 Å². The molecule has 4 rings (SSSR count). The third kappa shape index (κ3) is 5.84. The number of hydrogen-bond donors (Lipinski definition) is 0. The molecule has 0 aliphatic carbocycles. The maximum atomic E-state index is 13.5. The van der Waals surface area contributed by atoms with Gasteiger partial charge >= 0.3 is 0 Å². The van der Waals surface area contributed by atoms with Crippen LogP contribution in [0.5, 0.6) is 5.75 Å². The van der Waals surface area contributed by atoms with Crippen LogP contribution in [0.2, 0.25) is 0 Å². The lowest BCUT2D eigenvalue weighted by molar-refractivity contribution is -0.141. The van der Waals surface area contributed by atoms with Crippen molar-refractivity contribution in [2.75, 3.05) is 26.9 Å². The van der Waals surface area contributed by atoms with Gasteiger partial charge in [0.2, 0.25) is 0 Å². The molecule has 0 fully saturated rings. The highest BCUT2D eigenvalue weighted by molar-refractivity contribution is 6.19. The van der Waals surface area contributed by atoms with E-state index in [1.807, 2.05) is 67.7 Å². The third-order valence-corrected chi connectivity index (χ3v) is 6.44. The molecule has 3 aromatic rings. The number of amides is 2. The van der Waals surface area contributed by atoms with Crippen LogP contribution in [-0.2, 0) is 14.3 Å². The van der Waals surface area contributed by atoms with Crippen LogP contribution in [0.3, 0.4) is 0 Å². The summed E-state index contributed by atoms with van der Waals surface area (Å²) in [6.45, 7) is 8.66. The second-order valence-electron chi connectivity index (χ2n) is 9.82. The number of nitrogens with zero attached hydrogens (tertiary/aromatic N) is 4. The molecule has 2 heterocycles. The Bertz CT molecular complexity index is 1490. The van der Waals surface area contributed by atoms with Crippen LogP contribution < -0.4 is 4.74 Å². The number of para-hydroxylation sites is 1. The van der Waals surface area contributed by atoms with Gasteiger partial charge < -0.3 is 9.47 Å². The molecule has 0 saturated carbocycles. The second-order valence-corrected chi connectivity index (χ2v) is 9.82. The first-order valence-corrected chi connectivity index (χ1v) is 12.8. The van der Waals surface area contributed by atoms with E-state index in [9.17, 15) is 14.9 Å². The number of carbonyl (C=O) groups is 2. The minimum Gasteiger partial charge on any atom is -0.493 e. The molecule has 8 nitrogen and oxygen atoms in total. The maximum Gasteiger partial charge on any atom is 0.271 e. The Kier molecular flexibility index (Phi) is 8.43. The Morgan fingerprint density at radius 2 is 1.82 bits per heavy atom. The third-order valence-electron chi connectivity index (χ3n) is 6.44. The highest BCUT2D eigenvalue weighted by Gasteiger charge is 2.35.